The van der Waals surface area contributed by atoms with Crippen molar-refractivity contribution < 1.29 is 17.9 Å². The van der Waals surface area contributed by atoms with Gasteiger partial charge in [-0.25, -0.2) is 8.42 Å². The molecule has 0 aliphatic carbocycles. The van der Waals surface area contributed by atoms with Crippen LogP contribution in [-0.4, -0.2) is 46.6 Å². The van der Waals surface area contributed by atoms with Crippen molar-refractivity contribution in [2.24, 2.45) is 5.92 Å². The van der Waals surface area contributed by atoms with Crippen LogP contribution in [0.4, 0.5) is 0 Å². The topological polar surface area (TPSA) is 96.5 Å². The molecule has 31 heavy (non-hydrogen) atoms. The molecule has 2 saturated heterocycles. The first-order valence-electron chi connectivity index (χ1n) is 10.6. The number of ether oxygens (including phenoxy) is 1. The molecule has 7 nitrogen and oxygen atoms in total. The Bertz CT molecular complexity index is 1010. The van der Waals surface area contributed by atoms with Gasteiger partial charge in [-0.15, -0.1) is 0 Å². The summed E-state index contributed by atoms with van der Waals surface area (Å²) in [6, 6.07) is 13.7. The minimum atomic E-state index is -3.61. The first kappa shape index (κ1) is 22.0. The lowest BCUT2D eigenvalue weighted by Crippen LogP contribution is -2.45. The molecule has 0 aromatic heterocycles. The van der Waals surface area contributed by atoms with Gasteiger partial charge in [0.25, 0.3) is 0 Å². The van der Waals surface area contributed by atoms with Gasteiger partial charge in [-0.05, 0) is 67.2 Å². The van der Waals surface area contributed by atoms with Crippen molar-refractivity contribution in [3.63, 3.8) is 0 Å². The molecule has 0 spiro atoms. The summed E-state index contributed by atoms with van der Waals surface area (Å²) in [5.74, 6) is 0.512. The van der Waals surface area contributed by atoms with Crippen molar-refractivity contribution in [1.29, 1.82) is 0 Å². The number of carbonyl (C=O) groups is 1. The number of piperidine rings is 1. The van der Waals surface area contributed by atoms with Gasteiger partial charge in [0.2, 0.25) is 15.7 Å². The number of rotatable bonds is 7. The second-order valence-corrected chi connectivity index (χ2v) is 10.2. The van der Waals surface area contributed by atoms with Crippen LogP contribution in [0.15, 0.2) is 58.3 Å². The number of carbonyl (C=O) groups excluding carboxylic acids is 1. The molecule has 2 fully saturated rings. The van der Waals surface area contributed by atoms with Crippen molar-refractivity contribution >= 4 is 15.7 Å². The SMILES string of the molecule is COCc1cccc(S(=O)(=O)c2ccc(CNC(=O)C3CC4CNCCC4N3)cc2)c1. The summed E-state index contributed by atoms with van der Waals surface area (Å²) in [4.78, 5) is 13.0. The van der Waals surface area contributed by atoms with E-state index in [-0.39, 0.29) is 21.7 Å². The number of hydrogen-bond donors (Lipinski definition) is 3. The lowest BCUT2D eigenvalue weighted by molar-refractivity contribution is -0.123. The van der Waals surface area contributed by atoms with Crippen molar-refractivity contribution in [3.8, 4) is 0 Å². The average molecular weight is 444 g/mol. The smallest absolute Gasteiger partial charge is 0.237 e. The van der Waals surface area contributed by atoms with E-state index in [1.54, 1.807) is 49.6 Å². The summed E-state index contributed by atoms with van der Waals surface area (Å²) in [7, 11) is -2.04. The molecule has 1 amide bonds. The standard InChI is InChI=1S/C23H29N3O4S/c1-30-15-17-3-2-4-20(11-17)31(28,29)19-7-5-16(6-8-19)13-25-23(27)22-12-18-14-24-10-9-21(18)26-22/h2-8,11,18,21-22,24,26H,9-10,12-15H2,1H3,(H,25,27). The second-order valence-electron chi connectivity index (χ2n) is 8.26. The van der Waals surface area contributed by atoms with Crippen molar-refractivity contribution in [2.75, 3.05) is 20.2 Å². The number of benzene rings is 2. The lowest BCUT2D eigenvalue weighted by Gasteiger charge is -2.25. The van der Waals surface area contributed by atoms with Crippen LogP contribution in [0.5, 0.6) is 0 Å². The van der Waals surface area contributed by atoms with Crippen LogP contribution in [0.1, 0.15) is 24.0 Å². The van der Waals surface area contributed by atoms with Crippen LogP contribution in [0.3, 0.4) is 0 Å². The summed E-state index contributed by atoms with van der Waals surface area (Å²) < 4.78 is 31.0. The Kier molecular flexibility index (Phi) is 6.71. The van der Waals surface area contributed by atoms with E-state index in [0.29, 0.717) is 25.1 Å². The molecule has 2 aromatic rings. The molecule has 3 unspecified atom stereocenters. The highest BCUT2D eigenvalue weighted by atomic mass is 32.2. The van der Waals surface area contributed by atoms with Gasteiger partial charge in [-0.1, -0.05) is 24.3 Å². The maximum Gasteiger partial charge on any atom is 0.237 e. The molecule has 0 bridgehead atoms. The van der Waals surface area contributed by atoms with Gasteiger partial charge in [0, 0.05) is 19.7 Å². The number of nitrogens with one attached hydrogen (secondary N) is 3. The molecule has 2 aliphatic heterocycles. The summed E-state index contributed by atoms with van der Waals surface area (Å²) in [6.07, 6.45) is 1.90. The highest BCUT2D eigenvalue weighted by Crippen LogP contribution is 2.25. The zero-order valence-electron chi connectivity index (χ0n) is 17.6. The lowest BCUT2D eigenvalue weighted by atomic mass is 9.94. The molecule has 2 heterocycles. The molecule has 166 valence electrons. The Balaban J connectivity index is 1.37. The molecule has 3 N–H and O–H groups in total. The van der Waals surface area contributed by atoms with Gasteiger partial charge in [0.1, 0.15) is 0 Å². The van der Waals surface area contributed by atoms with Gasteiger partial charge >= 0.3 is 0 Å². The summed E-state index contributed by atoms with van der Waals surface area (Å²) in [5.41, 5.74) is 1.66. The Labute approximate surface area is 183 Å². The highest BCUT2D eigenvalue weighted by Gasteiger charge is 2.38. The van der Waals surface area contributed by atoms with Crippen LogP contribution in [-0.2, 0) is 32.5 Å². The molecule has 4 rings (SSSR count). The third-order valence-electron chi connectivity index (χ3n) is 6.10. The summed E-state index contributed by atoms with van der Waals surface area (Å²) in [6.45, 7) is 2.68. The molecule has 3 atom stereocenters. The van der Waals surface area contributed by atoms with Gasteiger partial charge in [0.05, 0.1) is 22.4 Å². The molecule has 2 aromatic carbocycles. The zero-order valence-corrected chi connectivity index (χ0v) is 18.5. The largest absolute Gasteiger partial charge is 0.380 e. The molecule has 8 heteroatoms. The number of methoxy groups -OCH3 is 1. The van der Waals surface area contributed by atoms with Gasteiger partial charge in [-0.2, -0.15) is 0 Å². The van der Waals surface area contributed by atoms with Crippen molar-refractivity contribution in [2.45, 2.75) is 47.9 Å². The van der Waals surface area contributed by atoms with E-state index >= 15 is 0 Å². The fourth-order valence-electron chi connectivity index (χ4n) is 4.41. The predicted octanol–water partition coefficient (Wildman–Crippen LogP) is 1.62. The highest BCUT2D eigenvalue weighted by molar-refractivity contribution is 7.91. The van der Waals surface area contributed by atoms with E-state index in [2.05, 4.69) is 16.0 Å². The molecular weight excluding hydrogens is 414 g/mol. The van der Waals surface area contributed by atoms with E-state index in [1.807, 2.05) is 6.07 Å². The van der Waals surface area contributed by atoms with E-state index in [1.165, 1.54) is 0 Å². The van der Waals surface area contributed by atoms with Crippen LogP contribution >= 0.6 is 0 Å². The first-order valence-corrected chi connectivity index (χ1v) is 12.1. The number of fused-ring (bicyclic) bond motifs is 1. The third-order valence-corrected chi connectivity index (χ3v) is 7.87. The maximum absolute atomic E-state index is 12.9. The number of sulfone groups is 1. The predicted molar refractivity (Wildman–Crippen MR) is 117 cm³/mol. The van der Waals surface area contributed by atoms with Gasteiger partial charge < -0.3 is 20.7 Å². The minimum absolute atomic E-state index is 0.000978. The fourth-order valence-corrected chi connectivity index (χ4v) is 5.74. The Morgan fingerprint density at radius 3 is 2.68 bits per heavy atom. The quantitative estimate of drug-likeness (QED) is 0.602. The number of amides is 1. The molecule has 0 radical (unpaired) electrons. The Morgan fingerprint density at radius 1 is 1.13 bits per heavy atom. The second kappa shape index (κ2) is 9.48. The van der Waals surface area contributed by atoms with Gasteiger partial charge in [0.15, 0.2) is 0 Å². The van der Waals surface area contributed by atoms with Crippen molar-refractivity contribution in [1.82, 2.24) is 16.0 Å². The van der Waals surface area contributed by atoms with Crippen LogP contribution in [0.25, 0.3) is 0 Å². The monoisotopic (exact) mass is 443 g/mol. The van der Waals surface area contributed by atoms with E-state index in [0.717, 1.165) is 37.1 Å². The fraction of sp³-hybridized carbons (Fsp3) is 0.435. The average Bonchev–Trinajstić information content (AvgIpc) is 3.23. The van der Waals surface area contributed by atoms with Crippen LogP contribution in [0, 0.1) is 5.92 Å². The maximum atomic E-state index is 12.9. The van der Waals surface area contributed by atoms with Crippen molar-refractivity contribution in [3.05, 3.63) is 59.7 Å². The van der Waals surface area contributed by atoms with Crippen LogP contribution in [0.2, 0.25) is 0 Å². The van der Waals surface area contributed by atoms with E-state index < -0.39 is 9.84 Å². The Hall–Kier alpha value is -2.26. The minimum Gasteiger partial charge on any atom is -0.380 e. The van der Waals surface area contributed by atoms with E-state index in [4.69, 9.17) is 4.74 Å². The normalized spacial score (nSPS) is 23.3. The first-order chi connectivity index (χ1) is 15.0. The van der Waals surface area contributed by atoms with E-state index in [9.17, 15) is 13.2 Å². The van der Waals surface area contributed by atoms with Crippen LogP contribution < -0.4 is 16.0 Å². The molecule has 0 saturated carbocycles. The van der Waals surface area contributed by atoms with Gasteiger partial charge in [-0.3, -0.25) is 4.79 Å². The number of hydrogen-bond acceptors (Lipinski definition) is 6. The summed E-state index contributed by atoms with van der Waals surface area (Å²) in [5, 5.41) is 9.81. The zero-order chi connectivity index (χ0) is 21.8. The third kappa shape index (κ3) is 4.98. The summed E-state index contributed by atoms with van der Waals surface area (Å²) >= 11 is 0. The Morgan fingerprint density at radius 2 is 1.94 bits per heavy atom. The molecular formula is C23H29N3O4S. The molecule has 2 aliphatic rings.